The molecule has 0 heterocycles. The second-order valence-corrected chi connectivity index (χ2v) is 13.3. The lowest BCUT2D eigenvalue weighted by atomic mass is 10.0. The van der Waals surface area contributed by atoms with Gasteiger partial charge in [-0.25, -0.2) is 0 Å². The number of hydrogen-bond acceptors (Lipinski definition) is 3. The van der Waals surface area contributed by atoms with Crippen molar-refractivity contribution in [2.45, 2.75) is 77.3 Å². The highest BCUT2D eigenvalue weighted by atomic mass is 28.4. The summed E-state index contributed by atoms with van der Waals surface area (Å²) in [6.45, 7) is 19.6. The predicted octanol–water partition coefficient (Wildman–Crippen LogP) is 5.87. The lowest BCUT2D eigenvalue weighted by Gasteiger charge is -2.45. The van der Waals surface area contributed by atoms with Crippen LogP contribution < -0.4 is 4.74 Å². The predicted molar refractivity (Wildman–Crippen MR) is 109 cm³/mol. The number of methoxy groups -OCH3 is 1. The maximum atomic E-state index is 11.0. The molecule has 0 amide bonds. The van der Waals surface area contributed by atoms with Crippen molar-refractivity contribution in [1.82, 2.24) is 0 Å². The molecule has 0 aromatic heterocycles. The fraction of sp³-hybridized carbons (Fsp3) is 0.619. The van der Waals surface area contributed by atoms with E-state index in [9.17, 15) is 5.11 Å². The zero-order valence-electron chi connectivity index (χ0n) is 17.2. The molecule has 1 aromatic carbocycles. The Morgan fingerprint density at radius 2 is 1.40 bits per heavy atom. The van der Waals surface area contributed by atoms with Gasteiger partial charge >= 0.3 is 0 Å². The molecule has 1 N–H and O–H groups in total. The van der Waals surface area contributed by atoms with Crippen LogP contribution in [0, 0.1) is 0 Å². The standard InChI is InChI=1S/C21H36O3Si/c1-14(2)21(20(22)18-10-12-19(23-9)13-11-18)24-25(15(3)4,16(5)6)17(7)8/h10-13,15-17,20-22H,1H2,2-9H3/t20-,21+/m1/s1. The quantitative estimate of drug-likeness (QED) is 0.440. The maximum absolute atomic E-state index is 11.0. The van der Waals surface area contributed by atoms with E-state index in [4.69, 9.17) is 9.16 Å². The number of hydrogen-bond donors (Lipinski definition) is 1. The highest BCUT2D eigenvalue weighted by Gasteiger charge is 2.47. The number of ether oxygens (including phenoxy) is 1. The monoisotopic (exact) mass is 364 g/mol. The van der Waals surface area contributed by atoms with Crippen molar-refractivity contribution in [2.75, 3.05) is 7.11 Å². The Morgan fingerprint density at radius 1 is 0.960 bits per heavy atom. The van der Waals surface area contributed by atoms with Crippen LogP contribution in [-0.2, 0) is 4.43 Å². The van der Waals surface area contributed by atoms with Crippen LogP contribution in [0.2, 0.25) is 16.6 Å². The first-order valence-electron chi connectivity index (χ1n) is 9.23. The van der Waals surface area contributed by atoms with Crippen LogP contribution in [0.25, 0.3) is 0 Å². The summed E-state index contributed by atoms with van der Waals surface area (Å²) < 4.78 is 12.0. The average Bonchev–Trinajstić information content (AvgIpc) is 2.54. The zero-order chi connectivity index (χ0) is 19.4. The van der Waals surface area contributed by atoms with Gasteiger partial charge in [0.2, 0.25) is 8.32 Å². The number of rotatable bonds is 9. The summed E-state index contributed by atoms with van der Waals surface area (Å²) in [5.41, 5.74) is 3.06. The molecule has 0 saturated carbocycles. The van der Waals surface area contributed by atoms with Crippen molar-refractivity contribution in [3.05, 3.63) is 42.0 Å². The molecule has 0 unspecified atom stereocenters. The molecule has 0 fully saturated rings. The summed E-state index contributed by atoms with van der Waals surface area (Å²) >= 11 is 0. The summed E-state index contributed by atoms with van der Waals surface area (Å²) in [6.07, 6.45) is -1.13. The Hall–Kier alpha value is -1.10. The topological polar surface area (TPSA) is 38.7 Å². The smallest absolute Gasteiger partial charge is 0.201 e. The Labute approximate surface area is 155 Å². The van der Waals surface area contributed by atoms with E-state index in [2.05, 4.69) is 48.1 Å². The normalized spacial score (nSPS) is 14.9. The summed E-state index contributed by atoms with van der Waals surface area (Å²) in [6, 6.07) is 7.52. The lowest BCUT2D eigenvalue weighted by Crippen LogP contribution is -2.51. The van der Waals surface area contributed by atoms with Gasteiger partial charge in [0.15, 0.2) is 0 Å². The molecule has 0 bridgehead atoms. The Morgan fingerprint density at radius 3 is 1.72 bits per heavy atom. The molecule has 0 radical (unpaired) electrons. The van der Waals surface area contributed by atoms with Gasteiger partial charge in [-0.1, -0.05) is 65.8 Å². The van der Waals surface area contributed by atoms with Gasteiger partial charge < -0.3 is 14.3 Å². The van der Waals surface area contributed by atoms with Crippen molar-refractivity contribution in [3.8, 4) is 5.75 Å². The molecule has 0 aliphatic heterocycles. The Bertz CT molecular complexity index is 527. The van der Waals surface area contributed by atoms with E-state index in [-0.39, 0.29) is 0 Å². The first kappa shape index (κ1) is 21.9. The SMILES string of the molecule is C=C(C)[C@H](O[Si](C(C)C)(C(C)C)C(C)C)[C@H](O)c1ccc(OC)cc1. The molecular weight excluding hydrogens is 328 g/mol. The van der Waals surface area contributed by atoms with Crippen molar-refractivity contribution in [1.29, 1.82) is 0 Å². The minimum atomic E-state index is -2.11. The van der Waals surface area contributed by atoms with Gasteiger partial charge in [0.05, 0.1) is 13.2 Å². The van der Waals surface area contributed by atoms with Crippen molar-refractivity contribution < 1.29 is 14.3 Å². The van der Waals surface area contributed by atoms with E-state index in [1.54, 1.807) is 7.11 Å². The van der Waals surface area contributed by atoms with Gasteiger partial charge in [-0.2, -0.15) is 0 Å². The lowest BCUT2D eigenvalue weighted by molar-refractivity contribution is 0.0459. The maximum Gasteiger partial charge on any atom is 0.201 e. The van der Waals surface area contributed by atoms with Crippen LogP contribution in [-0.4, -0.2) is 26.6 Å². The zero-order valence-corrected chi connectivity index (χ0v) is 18.2. The first-order valence-corrected chi connectivity index (χ1v) is 11.4. The van der Waals surface area contributed by atoms with E-state index >= 15 is 0 Å². The fourth-order valence-corrected chi connectivity index (χ4v) is 9.62. The molecule has 142 valence electrons. The minimum absolute atomic E-state index is 0.396. The number of benzene rings is 1. The van der Waals surface area contributed by atoms with E-state index < -0.39 is 20.5 Å². The van der Waals surface area contributed by atoms with Gasteiger partial charge in [-0.05, 0) is 41.2 Å². The van der Waals surface area contributed by atoms with Crippen LogP contribution in [0.5, 0.6) is 5.75 Å². The number of aliphatic hydroxyl groups is 1. The summed E-state index contributed by atoms with van der Waals surface area (Å²) in [5.74, 6) is 0.777. The Balaban J connectivity index is 3.22. The molecule has 1 aromatic rings. The second-order valence-electron chi connectivity index (χ2n) is 7.92. The molecule has 25 heavy (non-hydrogen) atoms. The van der Waals surface area contributed by atoms with Crippen LogP contribution in [0.15, 0.2) is 36.4 Å². The van der Waals surface area contributed by atoms with Gasteiger partial charge in [0.25, 0.3) is 0 Å². The largest absolute Gasteiger partial charge is 0.497 e. The fourth-order valence-electron chi connectivity index (χ4n) is 4.04. The molecule has 0 aliphatic carbocycles. The average molecular weight is 365 g/mol. The summed E-state index contributed by atoms with van der Waals surface area (Å²) in [7, 11) is -0.474. The van der Waals surface area contributed by atoms with E-state index in [0.29, 0.717) is 16.6 Å². The van der Waals surface area contributed by atoms with Gasteiger partial charge in [0.1, 0.15) is 11.9 Å². The first-order chi connectivity index (χ1) is 11.6. The van der Waals surface area contributed by atoms with Crippen molar-refractivity contribution in [2.24, 2.45) is 0 Å². The number of aliphatic hydroxyl groups excluding tert-OH is 1. The second kappa shape index (κ2) is 9.02. The highest BCUT2D eigenvalue weighted by Crippen LogP contribution is 2.45. The van der Waals surface area contributed by atoms with Crippen LogP contribution in [0.4, 0.5) is 0 Å². The molecule has 0 aliphatic rings. The molecule has 1 rings (SSSR count). The van der Waals surface area contributed by atoms with Crippen LogP contribution in [0.1, 0.15) is 60.1 Å². The minimum Gasteiger partial charge on any atom is -0.497 e. The third-order valence-corrected chi connectivity index (χ3v) is 11.3. The Kier molecular flexibility index (Phi) is 7.91. The van der Waals surface area contributed by atoms with Crippen LogP contribution >= 0.6 is 0 Å². The van der Waals surface area contributed by atoms with Gasteiger partial charge in [-0.3, -0.25) is 0 Å². The molecule has 0 spiro atoms. The molecular formula is C21H36O3Si. The molecule has 2 atom stereocenters. The van der Waals surface area contributed by atoms with E-state index in [0.717, 1.165) is 16.9 Å². The van der Waals surface area contributed by atoms with Crippen LogP contribution in [0.3, 0.4) is 0 Å². The van der Waals surface area contributed by atoms with Crippen molar-refractivity contribution >= 4 is 8.32 Å². The summed E-state index contributed by atoms with van der Waals surface area (Å²) in [4.78, 5) is 0. The molecule has 0 saturated heterocycles. The van der Waals surface area contributed by atoms with Gasteiger partial charge in [0, 0.05) is 0 Å². The highest BCUT2D eigenvalue weighted by molar-refractivity contribution is 6.77. The van der Waals surface area contributed by atoms with Gasteiger partial charge in [-0.15, -0.1) is 0 Å². The van der Waals surface area contributed by atoms with E-state index in [1.165, 1.54) is 0 Å². The van der Waals surface area contributed by atoms with Crippen molar-refractivity contribution in [3.63, 3.8) is 0 Å². The van der Waals surface area contributed by atoms with E-state index in [1.807, 2.05) is 31.2 Å². The third kappa shape index (κ3) is 4.75. The summed E-state index contributed by atoms with van der Waals surface area (Å²) in [5, 5.41) is 11.0. The molecule has 4 heteroatoms. The molecule has 3 nitrogen and oxygen atoms in total. The third-order valence-electron chi connectivity index (χ3n) is 5.27.